The van der Waals surface area contributed by atoms with Gasteiger partial charge >= 0.3 is 0 Å². The Bertz CT molecular complexity index is 312. The zero-order valence-corrected chi connectivity index (χ0v) is 7.87. The van der Waals surface area contributed by atoms with Gasteiger partial charge in [-0.2, -0.15) is 0 Å². The third-order valence-electron chi connectivity index (χ3n) is 1.83. The molecule has 1 heterocycles. The summed E-state index contributed by atoms with van der Waals surface area (Å²) in [6.07, 6.45) is 2.65. The Morgan fingerprint density at radius 1 is 1.50 bits per heavy atom. The Morgan fingerprint density at radius 2 is 2.17 bits per heavy atom. The SMILES string of the molecule is CC(C)Cc1cccn(C)c1=O. The summed E-state index contributed by atoms with van der Waals surface area (Å²) in [6.45, 7) is 4.24. The highest BCUT2D eigenvalue weighted by molar-refractivity contribution is 5.10. The van der Waals surface area contributed by atoms with Crippen LogP contribution in [-0.2, 0) is 13.5 Å². The van der Waals surface area contributed by atoms with E-state index in [9.17, 15) is 4.79 Å². The van der Waals surface area contributed by atoms with Crippen molar-refractivity contribution in [2.45, 2.75) is 20.3 Å². The summed E-state index contributed by atoms with van der Waals surface area (Å²) in [7, 11) is 1.78. The molecule has 12 heavy (non-hydrogen) atoms. The number of pyridine rings is 1. The average Bonchev–Trinajstić information content (AvgIpc) is 1.98. The van der Waals surface area contributed by atoms with E-state index < -0.39 is 0 Å². The van der Waals surface area contributed by atoms with Gasteiger partial charge in [0.05, 0.1) is 0 Å². The lowest BCUT2D eigenvalue weighted by Crippen LogP contribution is -2.20. The first-order valence-corrected chi connectivity index (χ1v) is 4.25. The number of aryl methyl sites for hydroxylation is 1. The lowest BCUT2D eigenvalue weighted by Gasteiger charge is -2.04. The van der Waals surface area contributed by atoms with Gasteiger partial charge in [-0.15, -0.1) is 0 Å². The van der Waals surface area contributed by atoms with Gasteiger partial charge in [0.2, 0.25) is 0 Å². The van der Waals surface area contributed by atoms with Crippen molar-refractivity contribution >= 4 is 0 Å². The quantitative estimate of drug-likeness (QED) is 0.652. The summed E-state index contributed by atoms with van der Waals surface area (Å²) in [5.74, 6) is 0.542. The molecule has 0 N–H and O–H groups in total. The first-order valence-electron chi connectivity index (χ1n) is 4.25. The van der Waals surface area contributed by atoms with Gasteiger partial charge in [0.15, 0.2) is 0 Å². The van der Waals surface area contributed by atoms with Crippen LogP contribution in [0.25, 0.3) is 0 Å². The number of aromatic nitrogens is 1. The van der Waals surface area contributed by atoms with Gasteiger partial charge in [0, 0.05) is 18.8 Å². The lowest BCUT2D eigenvalue weighted by atomic mass is 10.0. The van der Waals surface area contributed by atoms with Crippen LogP contribution in [0.2, 0.25) is 0 Å². The van der Waals surface area contributed by atoms with Crippen LogP contribution in [0.3, 0.4) is 0 Å². The van der Waals surface area contributed by atoms with Crippen LogP contribution < -0.4 is 5.56 Å². The second kappa shape index (κ2) is 3.57. The molecule has 66 valence electrons. The first kappa shape index (κ1) is 9.04. The van der Waals surface area contributed by atoms with Crippen molar-refractivity contribution in [2.24, 2.45) is 13.0 Å². The molecule has 0 aliphatic rings. The highest BCUT2D eigenvalue weighted by atomic mass is 16.1. The minimum atomic E-state index is 0.131. The fourth-order valence-corrected chi connectivity index (χ4v) is 1.25. The van der Waals surface area contributed by atoms with Crippen molar-refractivity contribution in [3.8, 4) is 0 Å². The zero-order chi connectivity index (χ0) is 9.14. The molecule has 0 unspecified atom stereocenters. The maximum absolute atomic E-state index is 11.5. The van der Waals surface area contributed by atoms with Crippen LogP contribution >= 0.6 is 0 Å². The molecule has 0 saturated carbocycles. The summed E-state index contributed by atoms with van der Waals surface area (Å²) < 4.78 is 1.62. The fourth-order valence-electron chi connectivity index (χ4n) is 1.25. The highest BCUT2D eigenvalue weighted by Gasteiger charge is 2.02. The average molecular weight is 165 g/mol. The van der Waals surface area contributed by atoms with E-state index in [0.717, 1.165) is 12.0 Å². The standard InChI is InChI=1S/C10H15NO/c1-8(2)7-9-5-4-6-11(3)10(9)12/h4-6,8H,7H2,1-3H3. The van der Waals surface area contributed by atoms with Gasteiger partial charge in [-0.1, -0.05) is 19.9 Å². The molecule has 2 heteroatoms. The van der Waals surface area contributed by atoms with Crippen LogP contribution in [0.4, 0.5) is 0 Å². The Hall–Kier alpha value is -1.05. The van der Waals surface area contributed by atoms with Crippen LogP contribution in [0.15, 0.2) is 23.1 Å². The molecule has 1 rings (SSSR count). The normalized spacial score (nSPS) is 10.7. The largest absolute Gasteiger partial charge is 0.318 e. The van der Waals surface area contributed by atoms with E-state index in [0.29, 0.717) is 5.92 Å². The van der Waals surface area contributed by atoms with Crippen LogP contribution in [-0.4, -0.2) is 4.57 Å². The Labute approximate surface area is 72.8 Å². The van der Waals surface area contributed by atoms with E-state index >= 15 is 0 Å². The van der Waals surface area contributed by atoms with Crippen LogP contribution in [0.1, 0.15) is 19.4 Å². The van der Waals surface area contributed by atoms with Gasteiger partial charge in [-0.25, -0.2) is 0 Å². The fraction of sp³-hybridized carbons (Fsp3) is 0.500. The van der Waals surface area contributed by atoms with Crippen molar-refractivity contribution < 1.29 is 0 Å². The Balaban J connectivity index is 3.01. The van der Waals surface area contributed by atoms with Crippen molar-refractivity contribution in [3.63, 3.8) is 0 Å². The minimum absolute atomic E-state index is 0.131. The molecule has 0 atom stereocenters. The second-order valence-electron chi connectivity index (χ2n) is 3.55. The molecule has 0 saturated heterocycles. The van der Waals surface area contributed by atoms with Gasteiger partial charge in [0.1, 0.15) is 0 Å². The predicted molar refractivity (Wildman–Crippen MR) is 50.2 cm³/mol. The minimum Gasteiger partial charge on any atom is -0.318 e. The van der Waals surface area contributed by atoms with Crippen molar-refractivity contribution in [2.75, 3.05) is 0 Å². The second-order valence-corrected chi connectivity index (χ2v) is 3.55. The molecule has 0 aromatic carbocycles. The van der Waals surface area contributed by atoms with Gasteiger partial charge in [0.25, 0.3) is 5.56 Å². The highest BCUT2D eigenvalue weighted by Crippen LogP contribution is 2.01. The van der Waals surface area contributed by atoms with Gasteiger partial charge < -0.3 is 4.57 Å². The summed E-state index contributed by atoms with van der Waals surface area (Å²) >= 11 is 0. The summed E-state index contributed by atoms with van der Waals surface area (Å²) in [5.41, 5.74) is 1.04. The van der Waals surface area contributed by atoms with E-state index in [-0.39, 0.29) is 5.56 Å². The lowest BCUT2D eigenvalue weighted by molar-refractivity contribution is 0.636. The molecule has 2 nitrogen and oxygen atoms in total. The number of rotatable bonds is 2. The van der Waals surface area contributed by atoms with Gasteiger partial charge in [-0.3, -0.25) is 4.79 Å². The van der Waals surface area contributed by atoms with Crippen LogP contribution in [0.5, 0.6) is 0 Å². The number of hydrogen-bond donors (Lipinski definition) is 0. The van der Waals surface area contributed by atoms with E-state index in [1.165, 1.54) is 0 Å². The molecule has 1 aromatic rings. The molecular weight excluding hydrogens is 150 g/mol. The number of nitrogens with zero attached hydrogens (tertiary/aromatic N) is 1. The topological polar surface area (TPSA) is 22.0 Å². The molecule has 0 radical (unpaired) electrons. The first-order chi connectivity index (χ1) is 5.61. The van der Waals surface area contributed by atoms with E-state index in [2.05, 4.69) is 13.8 Å². The summed E-state index contributed by atoms with van der Waals surface area (Å²) in [4.78, 5) is 11.5. The molecular formula is C10H15NO. The van der Waals surface area contributed by atoms with Crippen LogP contribution in [0, 0.1) is 5.92 Å². The maximum Gasteiger partial charge on any atom is 0.253 e. The third-order valence-corrected chi connectivity index (χ3v) is 1.83. The summed E-state index contributed by atoms with van der Waals surface area (Å²) in [6, 6.07) is 3.82. The predicted octanol–water partition coefficient (Wildman–Crippen LogP) is 1.58. The van der Waals surface area contributed by atoms with E-state index in [1.54, 1.807) is 17.8 Å². The van der Waals surface area contributed by atoms with Crippen molar-refractivity contribution in [1.29, 1.82) is 0 Å². The Kier molecular flexibility index (Phi) is 2.69. The molecule has 0 aliphatic carbocycles. The monoisotopic (exact) mass is 165 g/mol. The Morgan fingerprint density at radius 3 is 2.75 bits per heavy atom. The smallest absolute Gasteiger partial charge is 0.253 e. The number of hydrogen-bond acceptors (Lipinski definition) is 1. The summed E-state index contributed by atoms with van der Waals surface area (Å²) in [5, 5.41) is 0. The van der Waals surface area contributed by atoms with Crippen molar-refractivity contribution in [3.05, 3.63) is 34.2 Å². The molecule has 0 spiro atoms. The molecule has 0 bridgehead atoms. The molecule has 1 aromatic heterocycles. The molecule has 0 aliphatic heterocycles. The zero-order valence-electron chi connectivity index (χ0n) is 7.87. The third kappa shape index (κ3) is 1.97. The van der Waals surface area contributed by atoms with Gasteiger partial charge in [-0.05, 0) is 18.4 Å². The maximum atomic E-state index is 11.5. The van der Waals surface area contributed by atoms with E-state index in [4.69, 9.17) is 0 Å². The molecule has 0 amide bonds. The van der Waals surface area contributed by atoms with Crippen molar-refractivity contribution in [1.82, 2.24) is 4.57 Å². The van der Waals surface area contributed by atoms with E-state index in [1.807, 2.05) is 12.1 Å². The molecule has 0 fully saturated rings.